The molecular weight excluding hydrogens is 498 g/mol. The summed E-state index contributed by atoms with van der Waals surface area (Å²) >= 11 is 6.18. The standard InChI is InChI=1S/C24H21ClF2N4O3S/c1-13-6-15-8-20(27)23(35(28,33)34)9-22(15)31(13)24(32)16-11-30(12-16)21-3-2-14(7-19(21)26)17-10-29-5-4-18(17)25/h2-5,7-10,13,16H,6,11-12H2,1H3,(H2,28,33,34). The maximum absolute atomic E-state index is 14.9. The van der Waals surface area contributed by atoms with Crippen LogP contribution in [0.4, 0.5) is 20.2 Å². The summed E-state index contributed by atoms with van der Waals surface area (Å²) in [7, 11) is -4.28. The molecule has 1 saturated heterocycles. The van der Waals surface area contributed by atoms with Crippen molar-refractivity contribution >= 4 is 38.9 Å². The Morgan fingerprint density at radius 3 is 2.51 bits per heavy atom. The van der Waals surface area contributed by atoms with E-state index >= 15 is 0 Å². The van der Waals surface area contributed by atoms with Crippen molar-refractivity contribution in [3.05, 3.63) is 71.0 Å². The summed E-state index contributed by atoms with van der Waals surface area (Å²) in [5, 5.41) is 5.60. The number of anilines is 2. The fourth-order valence-corrected chi connectivity index (χ4v) is 5.54. The Kier molecular flexibility index (Phi) is 5.77. The Hall–Kier alpha value is -3.08. The van der Waals surface area contributed by atoms with Crippen LogP contribution in [-0.2, 0) is 21.2 Å². The van der Waals surface area contributed by atoms with E-state index in [1.54, 1.807) is 35.5 Å². The number of carbonyl (C=O) groups is 1. The van der Waals surface area contributed by atoms with Gasteiger partial charge in [0.2, 0.25) is 15.9 Å². The molecule has 7 nitrogen and oxygen atoms in total. The highest BCUT2D eigenvalue weighted by Crippen LogP contribution is 2.39. The molecule has 0 saturated carbocycles. The number of nitrogens with two attached hydrogens (primary N) is 1. The van der Waals surface area contributed by atoms with Gasteiger partial charge in [-0.1, -0.05) is 17.7 Å². The van der Waals surface area contributed by atoms with E-state index in [1.807, 2.05) is 6.92 Å². The Labute approximate surface area is 206 Å². The number of benzene rings is 2. The molecule has 2 aliphatic rings. The van der Waals surface area contributed by atoms with Crippen molar-refractivity contribution in [1.82, 2.24) is 4.98 Å². The van der Waals surface area contributed by atoms with Crippen LogP contribution >= 0.6 is 11.6 Å². The molecule has 3 aromatic rings. The van der Waals surface area contributed by atoms with Crippen molar-refractivity contribution in [1.29, 1.82) is 0 Å². The molecule has 182 valence electrons. The van der Waals surface area contributed by atoms with Crippen LogP contribution in [0.5, 0.6) is 0 Å². The van der Waals surface area contributed by atoms with Gasteiger partial charge in [0.15, 0.2) is 0 Å². The second-order valence-electron chi connectivity index (χ2n) is 8.84. The van der Waals surface area contributed by atoms with Gasteiger partial charge >= 0.3 is 0 Å². The van der Waals surface area contributed by atoms with E-state index in [-0.39, 0.29) is 11.9 Å². The van der Waals surface area contributed by atoms with E-state index in [1.165, 1.54) is 11.0 Å². The molecule has 2 aromatic carbocycles. The summed E-state index contributed by atoms with van der Waals surface area (Å²) in [5.41, 5.74) is 2.47. The second-order valence-corrected chi connectivity index (χ2v) is 10.8. The summed E-state index contributed by atoms with van der Waals surface area (Å²) < 4.78 is 52.7. The lowest BCUT2D eigenvalue weighted by molar-refractivity contribution is -0.123. The first-order chi connectivity index (χ1) is 16.5. The summed E-state index contributed by atoms with van der Waals surface area (Å²) in [5.74, 6) is -2.02. The highest BCUT2D eigenvalue weighted by molar-refractivity contribution is 7.89. The van der Waals surface area contributed by atoms with Crippen molar-refractivity contribution < 1.29 is 22.0 Å². The van der Waals surface area contributed by atoms with Gasteiger partial charge in [-0.2, -0.15) is 0 Å². The van der Waals surface area contributed by atoms with Gasteiger partial charge in [0, 0.05) is 42.8 Å². The molecule has 5 rings (SSSR count). The first kappa shape index (κ1) is 23.7. The molecule has 1 fully saturated rings. The van der Waals surface area contributed by atoms with Crippen LogP contribution < -0.4 is 14.9 Å². The number of rotatable bonds is 4. The molecule has 11 heteroatoms. The Morgan fingerprint density at radius 1 is 1.11 bits per heavy atom. The van der Waals surface area contributed by atoms with Crippen LogP contribution in [0.25, 0.3) is 11.1 Å². The summed E-state index contributed by atoms with van der Waals surface area (Å²) in [6.07, 6.45) is 3.52. The fourth-order valence-electron chi connectivity index (χ4n) is 4.72. The van der Waals surface area contributed by atoms with Gasteiger partial charge in [-0.15, -0.1) is 0 Å². The van der Waals surface area contributed by atoms with Crippen LogP contribution in [-0.4, -0.2) is 38.4 Å². The first-order valence-electron chi connectivity index (χ1n) is 10.9. The van der Waals surface area contributed by atoms with Crippen molar-refractivity contribution in [2.75, 3.05) is 22.9 Å². The SMILES string of the molecule is CC1Cc2cc(F)c(S(N)(=O)=O)cc2N1C(=O)C1CN(c2ccc(-c3cnccc3Cl)cc2F)C1. The molecule has 0 bridgehead atoms. The maximum Gasteiger partial charge on any atom is 0.241 e. The largest absolute Gasteiger partial charge is 0.367 e. The van der Waals surface area contributed by atoms with Crippen molar-refractivity contribution in [3.63, 3.8) is 0 Å². The average molecular weight is 519 g/mol. The van der Waals surface area contributed by atoms with E-state index in [0.29, 0.717) is 52.6 Å². The molecule has 2 aliphatic heterocycles. The molecule has 1 unspecified atom stereocenters. The minimum absolute atomic E-state index is 0.223. The second kappa shape index (κ2) is 8.54. The number of aromatic nitrogens is 1. The van der Waals surface area contributed by atoms with Crippen LogP contribution in [0.3, 0.4) is 0 Å². The van der Waals surface area contributed by atoms with E-state index in [0.717, 1.165) is 12.1 Å². The maximum atomic E-state index is 14.9. The molecule has 1 atom stereocenters. The zero-order chi connectivity index (χ0) is 25.1. The quantitative estimate of drug-likeness (QED) is 0.567. The predicted molar refractivity (Wildman–Crippen MR) is 129 cm³/mol. The molecule has 0 aliphatic carbocycles. The summed E-state index contributed by atoms with van der Waals surface area (Å²) in [4.78, 5) is 19.9. The third-order valence-corrected chi connectivity index (χ3v) is 7.75. The number of nitrogens with zero attached hydrogens (tertiary/aromatic N) is 3. The van der Waals surface area contributed by atoms with Crippen LogP contribution in [0.2, 0.25) is 5.02 Å². The van der Waals surface area contributed by atoms with Gasteiger partial charge in [0.1, 0.15) is 16.5 Å². The number of sulfonamides is 1. The molecule has 2 N–H and O–H groups in total. The Morgan fingerprint density at radius 2 is 1.86 bits per heavy atom. The molecule has 0 radical (unpaired) electrons. The molecule has 1 amide bonds. The van der Waals surface area contributed by atoms with Crippen molar-refractivity contribution in [3.8, 4) is 11.1 Å². The third kappa shape index (κ3) is 4.15. The zero-order valence-corrected chi connectivity index (χ0v) is 20.2. The van der Waals surface area contributed by atoms with Gasteiger partial charge in [0.25, 0.3) is 0 Å². The van der Waals surface area contributed by atoms with Gasteiger partial charge in [0.05, 0.1) is 16.6 Å². The summed E-state index contributed by atoms with van der Waals surface area (Å²) in [6, 6.07) is 8.38. The van der Waals surface area contributed by atoms with Gasteiger partial charge in [-0.05, 0) is 54.8 Å². The number of fused-ring (bicyclic) bond motifs is 1. The van der Waals surface area contributed by atoms with Crippen molar-refractivity contribution in [2.45, 2.75) is 24.3 Å². The number of pyridine rings is 1. The fraction of sp³-hybridized carbons (Fsp3) is 0.250. The molecule has 1 aromatic heterocycles. The predicted octanol–water partition coefficient (Wildman–Crippen LogP) is 3.74. The van der Waals surface area contributed by atoms with Gasteiger partial charge in [-0.3, -0.25) is 9.78 Å². The van der Waals surface area contributed by atoms with E-state index in [4.69, 9.17) is 16.7 Å². The number of hydrogen-bond donors (Lipinski definition) is 1. The smallest absolute Gasteiger partial charge is 0.241 e. The Balaban J connectivity index is 1.34. The average Bonchev–Trinajstić information content (AvgIpc) is 3.07. The van der Waals surface area contributed by atoms with Gasteiger partial charge < -0.3 is 9.80 Å². The highest BCUT2D eigenvalue weighted by Gasteiger charge is 2.41. The van der Waals surface area contributed by atoms with E-state index < -0.39 is 32.5 Å². The highest BCUT2D eigenvalue weighted by atomic mass is 35.5. The molecule has 0 spiro atoms. The third-order valence-electron chi connectivity index (χ3n) is 6.49. The van der Waals surface area contributed by atoms with Gasteiger partial charge in [-0.25, -0.2) is 22.3 Å². The van der Waals surface area contributed by atoms with Crippen LogP contribution in [0.1, 0.15) is 12.5 Å². The number of hydrogen-bond acceptors (Lipinski definition) is 5. The van der Waals surface area contributed by atoms with E-state index in [2.05, 4.69) is 4.98 Å². The number of primary sulfonamides is 1. The molecule has 35 heavy (non-hydrogen) atoms. The minimum Gasteiger partial charge on any atom is -0.367 e. The lowest BCUT2D eigenvalue weighted by Gasteiger charge is -2.42. The topological polar surface area (TPSA) is 96.6 Å². The number of carbonyl (C=O) groups excluding carboxylic acids is 1. The van der Waals surface area contributed by atoms with Crippen molar-refractivity contribution in [2.24, 2.45) is 11.1 Å². The lowest BCUT2D eigenvalue weighted by atomic mass is 9.96. The lowest BCUT2D eigenvalue weighted by Crippen LogP contribution is -2.56. The Bertz CT molecular complexity index is 1460. The monoisotopic (exact) mass is 518 g/mol. The molecular formula is C24H21ClF2N4O3S. The van der Waals surface area contributed by atoms with Crippen LogP contribution in [0, 0.1) is 17.6 Å². The van der Waals surface area contributed by atoms with E-state index in [9.17, 15) is 22.0 Å². The minimum atomic E-state index is -4.28. The number of halogens is 3. The molecule has 3 heterocycles. The normalized spacial score (nSPS) is 17.9. The first-order valence-corrected chi connectivity index (χ1v) is 12.8. The summed E-state index contributed by atoms with van der Waals surface area (Å²) in [6.45, 7) is 2.40. The number of amides is 1. The van der Waals surface area contributed by atoms with Crippen LogP contribution in [0.15, 0.2) is 53.7 Å². The zero-order valence-electron chi connectivity index (χ0n) is 18.6.